The topological polar surface area (TPSA) is 38.8 Å². The summed E-state index contributed by atoms with van der Waals surface area (Å²) in [4.78, 5) is 12.3. The number of likely N-dealkylation sites (N-methyl/N-ethyl adjacent to an activating group) is 1. The van der Waals surface area contributed by atoms with Crippen LogP contribution < -0.4 is 0 Å². The molecule has 0 amide bonds. The zero-order valence-electron chi connectivity index (χ0n) is 8.21. The predicted octanol–water partition coefficient (Wildman–Crippen LogP) is 0.770. The number of hydrogen-bond acceptors (Lipinski definition) is 4. The van der Waals surface area contributed by atoms with Crippen molar-refractivity contribution in [3.63, 3.8) is 0 Å². The van der Waals surface area contributed by atoms with E-state index in [1.54, 1.807) is 0 Å². The fourth-order valence-corrected chi connectivity index (χ4v) is 1.21. The normalized spacial score (nSPS) is 23.9. The molecule has 0 bridgehead atoms. The number of halogens is 3. The maximum atomic E-state index is 11.8. The second-order valence-corrected chi connectivity index (χ2v) is 3.10. The highest BCUT2D eigenvalue weighted by molar-refractivity contribution is 5.75. The van der Waals surface area contributed by atoms with E-state index >= 15 is 0 Å². The van der Waals surface area contributed by atoms with E-state index in [2.05, 4.69) is 4.74 Å². The van der Waals surface area contributed by atoms with Crippen LogP contribution in [0.1, 0.15) is 6.92 Å². The molecule has 0 aromatic carbocycles. The molecule has 15 heavy (non-hydrogen) atoms. The van der Waals surface area contributed by atoms with Crippen molar-refractivity contribution in [3.8, 4) is 0 Å². The zero-order chi connectivity index (χ0) is 11.5. The molecule has 1 fully saturated rings. The average Bonchev–Trinajstić information content (AvgIpc) is 2.16. The van der Waals surface area contributed by atoms with E-state index in [9.17, 15) is 18.0 Å². The summed E-state index contributed by atoms with van der Waals surface area (Å²) in [6.45, 7) is 3.63. The minimum atomic E-state index is -4.96. The second-order valence-electron chi connectivity index (χ2n) is 3.10. The van der Waals surface area contributed by atoms with Crippen molar-refractivity contribution < 1.29 is 27.4 Å². The van der Waals surface area contributed by atoms with Gasteiger partial charge in [-0.15, -0.1) is 0 Å². The van der Waals surface area contributed by atoms with Gasteiger partial charge in [0.15, 0.2) is 0 Å². The third kappa shape index (κ3) is 3.67. The Morgan fingerprint density at radius 1 is 1.60 bits per heavy atom. The average molecular weight is 227 g/mol. The number of morpholine rings is 1. The predicted molar refractivity (Wildman–Crippen MR) is 44.0 cm³/mol. The number of carbonyl (C=O) groups is 1. The molecule has 0 aromatic heterocycles. The second kappa shape index (κ2) is 4.80. The third-order valence-corrected chi connectivity index (χ3v) is 2.04. The van der Waals surface area contributed by atoms with Crippen LogP contribution in [0.5, 0.6) is 0 Å². The highest BCUT2D eigenvalue weighted by atomic mass is 19.4. The Kier molecular flexibility index (Phi) is 3.92. The highest BCUT2D eigenvalue weighted by Gasteiger charge is 2.43. The first-order valence-corrected chi connectivity index (χ1v) is 4.55. The van der Waals surface area contributed by atoms with Crippen molar-refractivity contribution in [3.05, 3.63) is 0 Å². The molecule has 1 rings (SSSR count). The number of carbonyl (C=O) groups excluding carboxylic acids is 1. The fraction of sp³-hybridized carbons (Fsp3) is 0.875. The summed E-state index contributed by atoms with van der Waals surface area (Å²) in [5.41, 5.74) is 0. The zero-order valence-corrected chi connectivity index (χ0v) is 8.21. The van der Waals surface area contributed by atoms with E-state index in [1.807, 2.05) is 11.8 Å². The Bertz CT molecular complexity index is 232. The largest absolute Gasteiger partial charge is 0.491 e. The van der Waals surface area contributed by atoms with Crippen molar-refractivity contribution in [2.45, 2.75) is 19.4 Å². The SMILES string of the molecule is CCN1CCOC(OC(=O)C(F)(F)F)C1. The molecule has 7 heteroatoms. The van der Waals surface area contributed by atoms with Gasteiger partial charge < -0.3 is 9.47 Å². The molecule has 1 unspecified atom stereocenters. The summed E-state index contributed by atoms with van der Waals surface area (Å²) in [6, 6.07) is 0. The van der Waals surface area contributed by atoms with E-state index in [-0.39, 0.29) is 13.2 Å². The Morgan fingerprint density at radius 3 is 2.80 bits per heavy atom. The van der Waals surface area contributed by atoms with Gasteiger partial charge in [-0.2, -0.15) is 13.2 Å². The molecule has 0 spiro atoms. The van der Waals surface area contributed by atoms with Crippen LogP contribution >= 0.6 is 0 Å². The molecule has 0 N–H and O–H groups in total. The lowest BCUT2D eigenvalue weighted by Gasteiger charge is -2.31. The van der Waals surface area contributed by atoms with Crippen molar-refractivity contribution in [2.75, 3.05) is 26.2 Å². The maximum Gasteiger partial charge on any atom is 0.491 e. The van der Waals surface area contributed by atoms with Gasteiger partial charge in [0.05, 0.1) is 13.2 Å². The molecule has 0 aromatic rings. The number of rotatable bonds is 2. The van der Waals surface area contributed by atoms with Crippen molar-refractivity contribution in [2.24, 2.45) is 0 Å². The van der Waals surface area contributed by atoms with Crippen molar-refractivity contribution in [1.82, 2.24) is 4.90 Å². The number of esters is 1. The molecule has 1 atom stereocenters. The Morgan fingerprint density at radius 2 is 2.27 bits per heavy atom. The number of alkyl halides is 3. The molecule has 1 saturated heterocycles. The van der Waals surface area contributed by atoms with Gasteiger partial charge in [0.1, 0.15) is 0 Å². The molecule has 0 radical (unpaired) electrons. The molecule has 0 saturated carbocycles. The van der Waals surface area contributed by atoms with Crippen molar-refractivity contribution in [1.29, 1.82) is 0 Å². The minimum absolute atomic E-state index is 0.179. The lowest BCUT2D eigenvalue weighted by molar-refractivity contribution is -0.234. The van der Waals surface area contributed by atoms with Gasteiger partial charge in [0.25, 0.3) is 0 Å². The molecule has 88 valence electrons. The van der Waals surface area contributed by atoms with Gasteiger partial charge in [-0.1, -0.05) is 6.92 Å². The van der Waals surface area contributed by atoms with Crippen LogP contribution in [0.3, 0.4) is 0 Å². The van der Waals surface area contributed by atoms with E-state index < -0.39 is 18.4 Å². The lowest BCUT2D eigenvalue weighted by atomic mass is 10.4. The van der Waals surface area contributed by atoms with Crippen LogP contribution in [-0.4, -0.2) is 49.6 Å². The monoisotopic (exact) mass is 227 g/mol. The summed E-state index contributed by atoms with van der Waals surface area (Å²) < 4.78 is 44.6. The van der Waals surface area contributed by atoms with E-state index in [1.165, 1.54) is 0 Å². The first-order chi connectivity index (χ1) is 6.93. The van der Waals surface area contributed by atoms with Crippen LogP contribution in [0.2, 0.25) is 0 Å². The molecule has 0 aliphatic carbocycles. The van der Waals surface area contributed by atoms with Crippen LogP contribution in [0.4, 0.5) is 13.2 Å². The van der Waals surface area contributed by atoms with E-state index in [0.29, 0.717) is 13.1 Å². The van der Waals surface area contributed by atoms with Crippen LogP contribution in [0.25, 0.3) is 0 Å². The Labute approximate surface area is 84.9 Å². The molecular formula is C8H12F3NO3. The first kappa shape index (κ1) is 12.3. The molecule has 1 aliphatic heterocycles. The van der Waals surface area contributed by atoms with Gasteiger partial charge in [-0.3, -0.25) is 4.90 Å². The molecular weight excluding hydrogens is 215 g/mol. The summed E-state index contributed by atoms with van der Waals surface area (Å²) in [7, 11) is 0. The summed E-state index contributed by atoms with van der Waals surface area (Å²) in [6.07, 6.45) is -6.08. The van der Waals surface area contributed by atoms with Gasteiger partial charge in [-0.05, 0) is 6.54 Å². The van der Waals surface area contributed by atoms with Gasteiger partial charge in [-0.25, -0.2) is 4.79 Å². The maximum absolute atomic E-state index is 11.8. The van der Waals surface area contributed by atoms with Crippen LogP contribution in [0, 0.1) is 0 Å². The Balaban J connectivity index is 2.41. The van der Waals surface area contributed by atoms with Gasteiger partial charge >= 0.3 is 12.1 Å². The smallest absolute Gasteiger partial charge is 0.428 e. The van der Waals surface area contributed by atoms with E-state index in [0.717, 1.165) is 0 Å². The Hall–Kier alpha value is -0.820. The molecule has 1 heterocycles. The highest BCUT2D eigenvalue weighted by Crippen LogP contribution is 2.18. The van der Waals surface area contributed by atoms with Crippen LogP contribution in [0.15, 0.2) is 0 Å². The van der Waals surface area contributed by atoms with Gasteiger partial charge in [0.2, 0.25) is 6.29 Å². The minimum Gasteiger partial charge on any atom is -0.428 e. The number of ether oxygens (including phenoxy) is 2. The van der Waals surface area contributed by atoms with Crippen molar-refractivity contribution >= 4 is 5.97 Å². The third-order valence-electron chi connectivity index (χ3n) is 2.04. The van der Waals surface area contributed by atoms with Gasteiger partial charge in [0, 0.05) is 6.54 Å². The number of nitrogens with zero attached hydrogens (tertiary/aromatic N) is 1. The fourth-order valence-electron chi connectivity index (χ4n) is 1.21. The molecule has 4 nitrogen and oxygen atoms in total. The van der Waals surface area contributed by atoms with E-state index in [4.69, 9.17) is 4.74 Å². The summed E-state index contributed by atoms with van der Waals surface area (Å²) in [5, 5.41) is 0. The lowest BCUT2D eigenvalue weighted by Crippen LogP contribution is -2.45. The summed E-state index contributed by atoms with van der Waals surface area (Å²) >= 11 is 0. The van der Waals surface area contributed by atoms with Crippen LogP contribution in [-0.2, 0) is 14.3 Å². The summed E-state index contributed by atoms with van der Waals surface area (Å²) in [5.74, 6) is -2.20. The molecule has 1 aliphatic rings. The first-order valence-electron chi connectivity index (χ1n) is 4.55. The quantitative estimate of drug-likeness (QED) is 0.653. The number of hydrogen-bond donors (Lipinski definition) is 0. The standard InChI is InChI=1S/C8H12F3NO3/c1-2-12-3-4-14-6(5-12)15-7(13)8(9,10)11/h6H,2-5H2,1H3.